The molecule has 0 N–H and O–H groups in total. The van der Waals surface area contributed by atoms with E-state index in [1.165, 1.54) is 0 Å². The lowest BCUT2D eigenvalue weighted by molar-refractivity contribution is 0.994. The standard InChI is InChI=1S/C66H40N6/c1-5-25-45-41(17-1)21-13-31-49(45)56-39-57(50-32-14-22-42-18-2-6-26-46(42)50)68-65(67-56)71-61-36-12-10-30-55(61)63-62(71)38-37-54-53-29-9-11-35-60(53)72(64(54)63)66-69-58(51-33-15-23-43-19-3-7-27-47(43)51)40-59(70-66)52-34-16-24-44-20-4-8-28-48(44)52/h1-40H. The number of benzene rings is 11. The molecule has 11 aromatic carbocycles. The summed E-state index contributed by atoms with van der Waals surface area (Å²) in [5.74, 6) is 1.18. The molecule has 0 unspecified atom stereocenters. The van der Waals surface area contributed by atoms with E-state index in [0.29, 0.717) is 11.9 Å². The number of hydrogen-bond donors (Lipinski definition) is 0. The largest absolute Gasteiger partial charge is 0.278 e. The van der Waals surface area contributed by atoms with Crippen LogP contribution in [0.3, 0.4) is 0 Å². The summed E-state index contributed by atoms with van der Waals surface area (Å²) in [7, 11) is 0. The molecule has 0 fully saturated rings. The number of para-hydroxylation sites is 2. The Morgan fingerprint density at radius 1 is 0.236 bits per heavy atom. The van der Waals surface area contributed by atoms with Crippen molar-refractivity contribution >= 4 is 86.7 Å². The topological polar surface area (TPSA) is 61.4 Å². The second-order valence-electron chi connectivity index (χ2n) is 18.5. The zero-order chi connectivity index (χ0) is 47.3. The molecule has 0 aliphatic carbocycles. The molecule has 4 aromatic heterocycles. The number of nitrogens with zero attached hydrogens (tertiary/aromatic N) is 6. The molecule has 0 amide bonds. The minimum absolute atomic E-state index is 0.587. The Balaban J connectivity index is 1.05. The van der Waals surface area contributed by atoms with Crippen LogP contribution in [-0.4, -0.2) is 29.1 Å². The Hall–Kier alpha value is -9.78. The molecule has 6 heteroatoms. The van der Waals surface area contributed by atoms with Crippen LogP contribution in [-0.2, 0) is 0 Å². The first-order chi connectivity index (χ1) is 35.7. The predicted molar refractivity (Wildman–Crippen MR) is 298 cm³/mol. The highest BCUT2D eigenvalue weighted by atomic mass is 15.2. The minimum Gasteiger partial charge on any atom is -0.278 e. The Morgan fingerprint density at radius 3 is 1.00 bits per heavy atom. The molecular weight excluding hydrogens is 877 g/mol. The molecule has 15 aromatic rings. The fraction of sp³-hybridized carbons (Fsp3) is 0. The van der Waals surface area contributed by atoms with Crippen molar-refractivity contribution in [3.05, 3.63) is 243 Å². The maximum absolute atomic E-state index is 5.61. The van der Waals surface area contributed by atoms with Crippen molar-refractivity contribution < 1.29 is 0 Å². The number of rotatable bonds is 6. The van der Waals surface area contributed by atoms with Crippen molar-refractivity contribution in [3.8, 4) is 56.9 Å². The highest BCUT2D eigenvalue weighted by Crippen LogP contribution is 2.43. The molecule has 4 heterocycles. The maximum Gasteiger partial charge on any atom is 0.235 e. The lowest BCUT2D eigenvalue weighted by atomic mass is 9.99. The second kappa shape index (κ2) is 15.9. The van der Waals surface area contributed by atoms with Crippen LogP contribution in [0.1, 0.15) is 0 Å². The quantitative estimate of drug-likeness (QED) is 0.167. The van der Waals surface area contributed by atoms with Gasteiger partial charge in [-0.05, 0) is 73.4 Å². The molecule has 0 bridgehead atoms. The van der Waals surface area contributed by atoms with E-state index in [4.69, 9.17) is 19.9 Å². The van der Waals surface area contributed by atoms with Gasteiger partial charge in [0.1, 0.15) is 0 Å². The lowest BCUT2D eigenvalue weighted by Gasteiger charge is -2.15. The monoisotopic (exact) mass is 916 g/mol. The molecule has 72 heavy (non-hydrogen) atoms. The smallest absolute Gasteiger partial charge is 0.235 e. The molecule has 0 aliphatic rings. The molecule has 0 aliphatic heterocycles. The van der Waals surface area contributed by atoms with E-state index in [-0.39, 0.29) is 0 Å². The fourth-order valence-corrected chi connectivity index (χ4v) is 11.3. The van der Waals surface area contributed by atoms with Crippen LogP contribution >= 0.6 is 0 Å². The third kappa shape index (κ3) is 6.16. The molecule has 334 valence electrons. The van der Waals surface area contributed by atoms with Gasteiger partial charge in [0.2, 0.25) is 11.9 Å². The van der Waals surface area contributed by atoms with Crippen LogP contribution in [0, 0.1) is 0 Å². The van der Waals surface area contributed by atoms with E-state index in [0.717, 1.165) is 132 Å². The molecule has 6 nitrogen and oxygen atoms in total. The van der Waals surface area contributed by atoms with Gasteiger partial charge in [0.05, 0.1) is 44.8 Å². The van der Waals surface area contributed by atoms with Gasteiger partial charge in [-0.25, -0.2) is 19.9 Å². The normalized spacial score (nSPS) is 11.9. The minimum atomic E-state index is 0.587. The van der Waals surface area contributed by atoms with Gasteiger partial charge in [-0.3, -0.25) is 9.13 Å². The number of aromatic nitrogens is 6. The number of fused-ring (bicyclic) bond motifs is 11. The van der Waals surface area contributed by atoms with E-state index < -0.39 is 0 Å². The van der Waals surface area contributed by atoms with Gasteiger partial charge in [0.15, 0.2) is 0 Å². The van der Waals surface area contributed by atoms with Crippen molar-refractivity contribution in [1.29, 1.82) is 0 Å². The maximum atomic E-state index is 5.61. The molecule has 0 spiro atoms. The summed E-state index contributed by atoms with van der Waals surface area (Å²) >= 11 is 0. The Labute approximate surface area is 413 Å². The zero-order valence-electron chi connectivity index (χ0n) is 38.8. The van der Waals surface area contributed by atoms with Crippen molar-refractivity contribution in [2.75, 3.05) is 0 Å². The van der Waals surface area contributed by atoms with Crippen LogP contribution in [0.5, 0.6) is 0 Å². The zero-order valence-corrected chi connectivity index (χ0v) is 38.8. The van der Waals surface area contributed by atoms with Crippen LogP contribution in [0.2, 0.25) is 0 Å². The molecule has 15 rings (SSSR count). The van der Waals surface area contributed by atoms with Crippen LogP contribution in [0.15, 0.2) is 243 Å². The van der Waals surface area contributed by atoms with Crippen molar-refractivity contribution in [2.24, 2.45) is 0 Å². The highest BCUT2D eigenvalue weighted by Gasteiger charge is 2.25. The van der Waals surface area contributed by atoms with E-state index in [1.807, 2.05) is 0 Å². The Morgan fingerprint density at radius 2 is 0.569 bits per heavy atom. The van der Waals surface area contributed by atoms with Gasteiger partial charge in [0, 0.05) is 43.8 Å². The third-order valence-corrected chi connectivity index (χ3v) is 14.6. The summed E-state index contributed by atoms with van der Waals surface area (Å²) in [6.07, 6.45) is 0. The molecule has 0 saturated carbocycles. The summed E-state index contributed by atoms with van der Waals surface area (Å²) < 4.78 is 4.55. The molecule has 0 atom stereocenters. The molecular formula is C66H40N6. The fourth-order valence-electron chi connectivity index (χ4n) is 11.3. The summed E-state index contributed by atoms with van der Waals surface area (Å²) in [6, 6.07) is 86.1. The first-order valence-corrected chi connectivity index (χ1v) is 24.4. The Bertz CT molecular complexity index is 4500. The van der Waals surface area contributed by atoms with E-state index in [2.05, 4.69) is 252 Å². The summed E-state index contributed by atoms with van der Waals surface area (Å²) in [6.45, 7) is 0. The van der Waals surface area contributed by atoms with Crippen LogP contribution in [0.25, 0.3) is 144 Å². The SMILES string of the molecule is c1ccc2c(-c3cc(-c4cccc5ccccc45)nc(-n4c5ccccc5c5c4ccc4c6ccccc6n(-c6nc(-c7cccc8ccccc78)cc(-c7cccc8ccccc78)n6)c45)n3)cccc2c1. The van der Waals surface area contributed by atoms with Gasteiger partial charge >= 0.3 is 0 Å². The van der Waals surface area contributed by atoms with Gasteiger partial charge in [0.25, 0.3) is 0 Å². The third-order valence-electron chi connectivity index (χ3n) is 14.6. The van der Waals surface area contributed by atoms with Crippen molar-refractivity contribution in [1.82, 2.24) is 29.1 Å². The predicted octanol–water partition coefficient (Wildman–Crippen LogP) is 16.7. The lowest BCUT2D eigenvalue weighted by Crippen LogP contribution is -2.05. The van der Waals surface area contributed by atoms with E-state index in [1.54, 1.807) is 0 Å². The highest BCUT2D eigenvalue weighted by molar-refractivity contribution is 6.26. The second-order valence-corrected chi connectivity index (χ2v) is 18.5. The number of hydrogen-bond acceptors (Lipinski definition) is 4. The van der Waals surface area contributed by atoms with Crippen LogP contribution < -0.4 is 0 Å². The molecule has 0 radical (unpaired) electrons. The first-order valence-electron chi connectivity index (χ1n) is 24.4. The average Bonchev–Trinajstić information content (AvgIpc) is 3.97. The summed E-state index contributed by atoms with van der Waals surface area (Å²) in [5, 5.41) is 13.5. The van der Waals surface area contributed by atoms with Crippen LogP contribution in [0.4, 0.5) is 0 Å². The van der Waals surface area contributed by atoms with Gasteiger partial charge < -0.3 is 0 Å². The van der Waals surface area contributed by atoms with Gasteiger partial charge in [-0.2, -0.15) is 0 Å². The summed E-state index contributed by atoms with van der Waals surface area (Å²) in [4.78, 5) is 22.4. The van der Waals surface area contributed by atoms with Crippen molar-refractivity contribution in [2.45, 2.75) is 0 Å². The van der Waals surface area contributed by atoms with E-state index >= 15 is 0 Å². The average molecular weight is 917 g/mol. The first kappa shape index (κ1) is 40.1. The summed E-state index contributed by atoms with van der Waals surface area (Å²) in [5.41, 5.74) is 11.6. The van der Waals surface area contributed by atoms with Gasteiger partial charge in [-0.1, -0.05) is 212 Å². The van der Waals surface area contributed by atoms with Crippen molar-refractivity contribution in [3.63, 3.8) is 0 Å². The molecule has 0 saturated heterocycles. The van der Waals surface area contributed by atoms with E-state index in [9.17, 15) is 0 Å². The Kier molecular flexibility index (Phi) is 8.86. The van der Waals surface area contributed by atoms with Gasteiger partial charge in [-0.15, -0.1) is 0 Å².